The first-order valence-electron chi connectivity index (χ1n) is 7.71. The summed E-state index contributed by atoms with van der Waals surface area (Å²) in [6.45, 7) is 1.00. The molecule has 3 heterocycles. The van der Waals surface area contributed by atoms with Crippen molar-refractivity contribution in [1.29, 1.82) is 0 Å². The van der Waals surface area contributed by atoms with Crippen LogP contribution in [0.1, 0.15) is 11.8 Å². The fourth-order valence-corrected chi connectivity index (χ4v) is 4.80. The van der Waals surface area contributed by atoms with E-state index in [2.05, 4.69) is 5.32 Å². The molecule has 2 aliphatic rings. The van der Waals surface area contributed by atoms with Gasteiger partial charge in [-0.05, 0) is 11.4 Å². The number of thioether (sulfide) groups is 1. The predicted molar refractivity (Wildman–Crippen MR) is 91.7 cm³/mol. The average molecular weight is 418 g/mol. The van der Waals surface area contributed by atoms with Crippen LogP contribution in [0, 0.1) is 0 Å². The first kappa shape index (κ1) is 22.0. The maximum Gasteiger partial charge on any atom is 1.00 e. The molecule has 2 atom stereocenters. The molecule has 138 valence electrons. The zero-order chi connectivity index (χ0) is 18.8. The van der Waals surface area contributed by atoms with Crippen LogP contribution in [0.3, 0.4) is 0 Å². The normalized spacial score (nSPS) is 20.9. The van der Waals surface area contributed by atoms with E-state index >= 15 is 0 Å². The molecular formula is C16H15N2NaO6S2. The second-order valence-corrected chi connectivity index (χ2v) is 7.87. The van der Waals surface area contributed by atoms with Gasteiger partial charge in [-0.3, -0.25) is 19.3 Å². The number of carboxylic acid groups (broad SMARTS) is 1. The van der Waals surface area contributed by atoms with Gasteiger partial charge in [-0.2, -0.15) is 0 Å². The molecule has 0 unspecified atom stereocenters. The van der Waals surface area contributed by atoms with Crippen molar-refractivity contribution in [3.05, 3.63) is 33.7 Å². The number of esters is 1. The van der Waals surface area contributed by atoms with Gasteiger partial charge in [0.2, 0.25) is 5.91 Å². The first-order chi connectivity index (χ1) is 12.4. The van der Waals surface area contributed by atoms with Crippen LogP contribution in [0.2, 0.25) is 0 Å². The third-order valence-corrected chi connectivity index (χ3v) is 6.14. The van der Waals surface area contributed by atoms with Gasteiger partial charge in [0.05, 0.1) is 18.1 Å². The molecule has 8 nitrogen and oxygen atoms in total. The summed E-state index contributed by atoms with van der Waals surface area (Å²) in [4.78, 5) is 48.9. The number of nitrogens with zero attached hydrogens (tertiary/aromatic N) is 1. The van der Waals surface area contributed by atoms with E-state index in [9.17, 15) is 24.3 Å². The van der Waals surface area contributed by atoms with E-state index in [1.165, 1.54) is 30.0 Å². The number of β-lactam (4-membered cyclic amide) rings is 1. The zero-order valence-electron chi connectivity index (χ0n) is 14.7. The topological polar surface area (TPSA) is 116 Å². The maximum absolute atomic E-state index is 12.4. The molecule has 1 aromatic rings. The quantitative estimate of drug-likeness (QED) is 0.287. The van der Waals surface area contributed by atoms with E-state index in [0.29, 0.717) is 5.57 Å². The third kappa shape index (κ3) is 4.75. The zero-order valence-corrected chi connectivity index (χ0v) is 18.4. The number of carbonyl (C=O) groups excluding carboxylic acids is 4. The second-order valence-electron chi connectivity index (χ2n) is 5.73. The van der Waals surface area contributed by atoms with Gasteiger partial charge < -0.3 is 20.0 Å². The Morgan fingerprint density at radius 3 is 2.74 bits per heavy atom. The SMILES string of the molecule is CC(=O)OCC1=C(C(=O)[O-])N2C(=O)[C@@H](NC(=O)Cc3cccs3)[C@@H]2SC1.[Na+]. The van der Waals surface area contributed by atoms with E-state index in [-0.39, 0.29) is 59.9 Å². The molecule has 27 heavy (non-hydrogen) atoms. The number of aliphatic carboxylic acids is 1. The van der Waals surface area contributed by atoms with E-state index in [4.69, 9.17) is 4.74 Å². The van der Waals surface area contributed by atoms with Gasteiger partial charge in [0, 0.05) is 23.1 Å². The van der Waals surface area contributed by atoms with Crippen molar-refractivity contribution < 1.29 is 58.6 Å². The summed E-state index contributed by atoms with van der Waals surface area (Å²) in [5, 5.41) is 15.5. The van der Waals surface area contributed by atoms with Crippen molar-refractivity contribution in [2.75, 3.05) is 12.4 Å². The maximum atomic E-state index is 12.4. The van der Waals surface area contributed by atoms with Crippen LogP contribution in [0.25, 0.3) is 0 Å². The van der Waals surface area contributed by atoms with Gasteiger partial charge in [-0.25, -0.2) is 0 Å². The second kappa shape index (κ2) is 9.24. The number of ether oxygens (including phenoxy) is 1. The van der Waals surface area contributed by atoms with Crippen LogP contribution in [0.15, 0.2) is 28.8 Å². The first-order valence-corrected chi connectivity index (χ1v) is 9.64. The number of thiophene rings is 1. The van der Waals surface area contributed by atoms with E-state index in [0.717, 1.165) is 9.78 Å². The number of carbonyl (C=O) groups is 4. The Balaban J connectivity index is 0.00000261. The van der Waals surface area contributed by atoms with Crippen LogP contribution in [0.5, 0.6) is 0 Å². The van der Waals surface area contributed by atoms with Crippen molar-refractivity contribution in [3.63, 3.8) is 0 Å². The summed E-state index contributed by atoms with van der Waals surface area (Å²) in [6.07, 6.45) is 0.166. The molecule has 2 aliphatic heterocycles. The molecule has 0 aromatic carbocycles. The molecule has 2 amide bonds. The molecule has 0 aliphatic carbocycles. The Kier molecular flexibility index (Phi) is 7.52. The van der Waals surface area contributed by atoms with Crippen LogP contribution < -0.4 is 40.0 Å². The average Bonchev–Trinajstić information content (AvgIpc) is 3.09. The van der Waals surface area contributed by atoms with Gasteiger partial charge in [-0.15, -0.1) is 23.1 Å². The number of nitrogens with one attached hydrogen (secondary N) is 1. The smallest absolute Gasteiger partial charge is 0.543 e. The Hall–Kier alpha value is -1.33. The van der Waals surface area contributed by atoms with Crippen LogP contribution in [-0.2, 0) is 30.3 Å². The minimum absolute atomic E-state index is 0. The summed E-state index contributed by atoms with van der Waals surface area (Å²) in [6, 6.07) is 2.88. The van der Waals surface area contributed by atoms with Crippen molar-refractivity contribution in [2.45, 2.75) is 24.8 Å². The number of carboxylic acids is 1. The van der Waals surface area contributed by atoms with Crippen molar-refractivity contribution in [3.8, 4) is 0 Å². The van der Waals surface area contributed by atoms with Gasteiger partial charge in [-0.1, -0.05) is 6.07 Å². The number of hydrogen-bond acceptors (Lipinski definition) is 8. The number of rotatable bonds is 6. The van der Waals surface area contributed by atoms with Gasteiger partial charge in [0.25, 0.3) is 5.91 Å². The minimum atomic E-state index is -1.51. The Labute approximate surface area is 185 Å². The van der Waals surface area contributed by atoms with Crippen LogP contribution in [-0.4, -0.2) is 52.4 Å². The Morgan fingerprint density at radius 2 is 2.15 bits per heavy atom. The fourth-order valence-electron chi connectivity index (χ4n) is 2.77. The number of amides is 2. The third-order valence-electron chi connectivity index (χ3n) is 3.92. The molecule has 1 N–H and O–H groups in total. The van der Waals surface area contributed by atoms with E-state index < -0.39 is 29.3 Å². The molecule has 1 saturated heterocycles. The molecule has 1 aromatic heterocycles. The number of hydrogen-bond donors (Lipinski definition) is 1. The van der Waals surface area contributed by atoms with Gasteiger partial charge in [0.1, 0.15) is 18.0 Å². The minimum Gasteiger partial charge on any atom is -0.543 e. The van der Waals surface area contributed by atoms with Crippen molar-refractivity contribution in [2.24, 2.45) is 0 Å². The molecule has 0 bridgehead atoms. The molecule has 3 rings (SSSR count). The summed E-state index contributed by atoms with van der Waals surface area (Å²) < 4.78 is 4.85. The monoisotopic (exact) mass is 418 g/mol. The molecule has 0 saturated carbocycles. The van der Waals surface area contributed by atoms with E-state index in [1.807, 2.05) is 17.5 Å². The van der Waals surface area contributed by atoms with Crippen molar-refractivity contribution >= 4 is 46.9 Å². The Bertz CT molecular complexity index is 795. The summed E-state index contributed by atoms with van der Waals surface area (Å²) in [5.74, 6) is -2.59. The van der Waals surface area contributed by atoms with Gasteiger partial charge in [0.15, 0.2) is 0 Å². The fraction of sp³-hybridized carbons (Fsp3) is 0.375. The molecule has 0 spiro atoms. The summed E-state index contributed by atoms with van der Waals surface area (Å²) in [5.41, 5.74) is 0.0296. The van der Waals surface area contributed by atoms with Crippen molar-refractivity contribution in [1.82, 2.24) is 10.2 Å². The Morgan fingerprint density at radius 1 is 1.41 bits per heavy atom. The van der Waals surface area contributed by atoms with Crippen LogP contribution >= 0.6 is 23.1 Å². The van der Waals surface area contributed by atoms with Gasteiger partial charge >= 0.3 is 35.5 Å². The molecule has 11 heteroatoms. The summed E-state index contributed by atoms with van der Waals surface area (Å²) in [7, 11) is 0. The molecule has 0 radical (unpaired) electrons. The van der Waals surface area contributed by atoms with E-state index in [1.54, 1.807) is 0 Å². The molecular weight excluding hydrogens is 403 g/mol. The number of fused-ring (bicyclic) bond motifs is 1. The van der Waals surface area contributed by atoms with Crippen LogP contribution in [0.4, 0.5) is 0 Å². The molecule has 1 fully saturated rings. The predicted octanol–water partition coefficient (Wildman–Crippen LogP) is -3.74. The standard InChI is InChI=1S/C16H16N2O6S2.Na/c1-8(19)24-6-9-7-26-15-12(14(21)18(15)13(9)16(22)23)17-11(20)5-10-3-2-4-25-10;/h2-4,12,15H,5-7H2,1H3,(H,17,20)(H,22,23);/q;+1/p-1/t12-,15+;/m1./s1. The largest absolute Gasteiger partial charge is 1.00 e. The summed E-state index contributed by atoms with van der Waals surface area (Å²) >= 11 is 2.75.